The predicted octanol–water partition coefficient (Wildman–Crippen LogP) is 3.08. The van der Waals surface area contributed by atoms with Crippen molar-refractivity contribution in [2.24, 2.45) is 0 Å². The average Bonchev–Trinajstić information content (AvgIpc) is 2.37. The van der Waals surface area contributed by atoms with Gasteiger partial charge in [0, 0.05) is 11.1 Å². The molecule has 3 nitrogen and oxygen atoms in total. The largest absolute Gasteiger partial charge is 0.494 e. The minimum absolute atomic E-state index is 0.00319. The van der Waals surface area contributed by atoms with E-state index in [1.165, 1.54) is 5.56 Å². The molecule has 0 saturated carbocycles. The molecule has 0 spiro atoms. The summed E-state index contributed by atoms with van der Waals surface area (Å²) in [4.78, 5) is 2.25. The van der Waals surface area contributed by atoms with Gasteiger partial charge >= 0.3 is 0 Å². The molecule has 0 radical (unpaired) electrons. The Balaban J connectivity index is 3.19. The highest BCUT2D eigenvalue weighted by Crippen LogP contribution is 2.34. The first-order valence-corrected chi connectivity index (χ1v) is 7.07. The Bertz CT molecular complexity index is 388. The molecular formula is C16H28N2O. The minimum atomic E-state index is 0.00319. The molecule has 0 aromatic heterocycles. The fourth-order valence-electron chi connectivity index (χ4n) is 2.21. The summed E-state index contributed by atoms with van der Waals surface area (Å²) in [5, 5.41) is 3.60. The van der Waals surface area contributed by atoms with Gasteiger partial charge in [-0.15, -0.1) is 0 Å². The maximum atomic E-state index is 5.78. The lowest BCUT2D eigenvalue weighted by atomic mass is 9.87. The lowest BCUT2D eigenvalue weighted by molar-refractivity contribution is 0.136. The number of ether oxygens (including phenoxy) is 1. The molecule has 1 atom stereocenters. The van der Waals surface area contributed by atoms with E-state index < -0.39 is 0 Å². The number of benzene rings is 1. The number of rotatable bonds is 7. The lowest BCUT2D eigenvalue weighted by Crippen LogP contribution is -2.49. The number of hydrogen-bond acceptors (Lipinski definition) is 3. The topological polar surface area (TPSA) is 24.5 Å². The molecule has 0 bridgehead atoms. The molecule has 0 aliphatic rings. The highest BCUT2D eigenvalue weighted by Gasteiger charge is 2.33. The normalized spacial score (nSPS) is 13.6. The van der Waals surface area contributed by atoms with Crippen molar-refractivity contribution in [1.29, 1.82) is 0 Å². The van der Waals surface area contributed by atoms with Crippen LogP contribution in [0.2, 0.25) is 0 Å². The van der Waals surface area contributed by atoms with Crippen LogP contribution in [-0.4, -0.2) is 37.7 Å². The van der Waals surface area contributed by atoms with Crippen LogP contribution in [0.15, 0.2) is 24.3 Å². The van der Waals surface area contributed by atoms with Crippen molar-refractivity contribution >= 4 is 0 Å². The van der Waals surface area contributed by atoms with Crippen LogP contribution >= 0.6 is 0 Å². The maximum absolute atomic E-state index is 5.78. The zero-order chi connectivity index (χ0) is 14.5. The second kappa shape index (κ2) is 6.92. The zero-order valence-electron chi connectivity index (χ0n) is 13.2. The summed E-state index contributed by atoms with van der Waals surface area (Å²) in [5.74, 6) is 0.978. The van der Waals surface area contributed by atoms with E-state index in [1.807, 2.05) is 13.0 Å². The van der Waals surface area contributed by atoms with Gasteiger partial charge in [-0.2, -0.15) is 0 Å². The third kappa shape index (κ3) is 3.71. The molecular weight excluding hydrogens is 236 g/mol. The second-order valence-electron chi connectivity index (χ2n) is 5.51. The molecule has 0 heterocycles. The molecule has 1 rings (SSSR count). The molecule has 1 aromatic rings. The van der Waals surface area contributed by atoms with E-state index in [4.69, 9.17) is 4.74 Å². The van der Waals surface area contributed by atoms with Crippen molar-refractivity contribution in [1.82, 2.24) is 10.2 Å². The van der Waals surface area contributed by atoms with E-state index in [9.17, 15) is 0 Å². The van der Waals surface area contributed by atoms with Gasteiger partial charge < -0.3 is 15.0 Å². The first-order valence-electron chi connectivity index (χ1n) is 7.07. The van der Waals surface area contributed by atoms with Crippen molar-refractivity contribution in [3.8, 4) is 5.75 Å². The van der Waals surface area contributed by atoms with E-state index >= 15 is 0 Å². The van der Waals surface area contributed by atoms with Crippen LogP contribution in [0.4, 0.5) is 0 Å². The Hall–Kier alpha value is -1.06. The number of likely N-dealkylation sites (N-methyl/N-ethyl adjacent to an activating group) is 2. The molecule has 19 heavy (non-hydrogen) atoms. The molecule has 3 heteroatoms. The fraction of sp³-hybridized carbons (Fsp3) is 0.625. The molecule has 0 aliphatic heterocycles. The summed E-state index contributed by atoms with van der Waals surface area (Å²) in [6.45, 7) is 10.3. The van der Waals surface area contributed by atoms with Crippen LogP contribution < -0.4 is 10.1 Å². The third-order valence-corrected chi connectivity index (χ3v) is 3.80. The SMILES string of the molecule is CCNC(c1ccccc1OCC)C(C)(C)N(C)C. The Morgan fingerprint density at radius 2 is 1.84 bits per heavy atom. The zero-order valence-corrected chi connectivity index (χ0v) is 13.2. The number of para-hydroxylation sites is 1. The first kappa shape index (κ1) is 16.0. The Labute approximate surface area is 118 Å². The van der Waals surface area contributed by atoms with Gasteiger partial charge in [0.25, 0.3) is 0 Å². The van der Waals surface area contributed by atoms with Gasteiger partial charge in [-0.25, -0.2) is 0 Å². The van der Waals surface area contributed by atoms with Crippen LogP contribution in [-0.2, 0) is 0 Å². The first-order chi connectivity index (χ1) is 8.95. The van der Waals surface area contributed by atoms with Gasteiger partial charge in [-0.1, -0.05) is 25.1 Å². The summed E-state index contributed by atoms with van der Waals surface area (Å²) in [6, 6.07) is 8.54. The van der Waals surface area contributed by atoms with E-state index in [2.05, 4.69) is 63.3 Å². The van der Waals surface area contributed by atoms with Crippen LogP contribution in [0.3, 0.4) is 0 Å². The summed E-state index contributed by atoms with van der Waals surface area (Å²) < 4.78 is 5.78. The maximum Gasteiger partial charge on any atom is 0.124 e. The predicted molar refractivity (Wildman–Crippen MR) is 81.8 cm³/mol. The molecule has 0 aliphatic carbocycles. The van der Waals surface area contributed by atoms with Gasteiger partial charge in [-0.3, -0.25) is 0 Å². The summed E-state index contributed by atoms with van der Waals surface area (Å²) in [5.41, 5.74) is 1.23. The van der Waals surface area contributed by atoms with Crippen LogP contribution in [0.5, 0.6) is 5.75 Å². The molecule has 0 fully saturated rings. The van der Waals surface area contributed by atoms with Gasteiger partial charge in [0.05, 0.1) is 12.6 Å². The number of nitrogens with zero attached hydrogens (tertiary/aromatic N) is 1. The highest BCUT2D eigenvalue weighted by atomic mass is 16.5. The van der Waals surface area contributed by atoms with Crippen molar-refractivity contribution in [3.63, 3.8) is 0 Å². The van der Waals surface area contributed by atoms with Crippen LogP contribution in [0.25, 0.3) is 0 Å². The van der Waals surface area contributed by atoms with E-state index in [0.29, 0.717) is 6.61 Å². The fourth-order valence-corrected chi connectivity index (χ4v) is 2.21. The van der Waals surface area contributed by atoms with Gasteiger partial charge in [0.2, 0.25) is 0 Å². The Morgan fingerprint density at radius 3 is 2.37 bits per heavy atom. The Kier molecular flexibility index (Phi) is 5.83. The molecule has 0 amide bonds. The number of hydrogen-bond donors (Lipinski definition) is 1. The second-order valence-corrected chi connectivity index (χ2v) is 5.51. The van der Waals surface area contributed by atoms with Gasteiger partial charge in [-0.05, 0) is 47.5 Å². The molecule has 108 valence electrons. The Morgan fingerprint density at radius 1 is 1.21 bits per heavy atom. The van der Waals surface area contributed by atoms with Crippen molar-refractivity contribution in [2.45, 2.75) is 39.3 Å². The minimum Gasteiger partial charge on any atom is -0.494 e. The summed E-state index contributed by atoms with van der Waals surface area (Å²) in [7, 11) is 4.24. The van der Waals surface area contributed by atoms with Crippen molar-refractivity contribution in [2.75, 3.05) is 27.2 Å². The lowest BCUT2D eigenvalue weighted by Gasteiger charge is -2.41. The van der Waals surface area contributed by atoms with Gasteiger partial charge in [0.15, 0.2) is 0 Å². The molecule has 0 saturated heterocycles. The van der Waals surface area contributed by atoms with E-state index in [1.54, 1.807) is 0 Å². The summed E-state index contributed by atoms with van der Waals surface area (Å²) >= 11 is 0. The molecule has 1 unspecified atom stereocenters. The molecule has 1 aromatic carbocycles. The van der Waals surface area contributed by atoms with E-state index in [0.717, 1.165) is 12.3 Å². The monoisotopic (exact) mass is 264 g/mol. The average molecular weight is 264 g/mol. The highest BCUT2D eigenvalue weighted by molar-refractivity contribution is 5.37. The quantitative estimate of drug-likeness (QED) is 0.819. The van der Waals surface area contributed by atoms with Crippen molar-refractivity contribution in [3.05, 3.63) is 29.8 Å². The molecule has 1 N–H and O–H groups in total. The summed E-state index contributed by atoms with van der Waals surface area (Å²) in [6.07, 6.45) is 0. The van der Waals surface area contributed by atoms with Crippen LogP contribution in [0, 0.1) is 0 Å². The van der Waals surface area contributed by atoms with Crippen LogP contribution in [0.1, 0.15) is 39.3 Å². The van der Waals surface area contributed by atoms with Gasteiger partial charge in [0.1, 0.15) is 5.75 Å². The van der Waals surface area contributed by atoms with E-state index in [-0.39, 0.29) is 11.6 Å². The standard InChI is InChI=1S/C16H28N2O/c1-7-17-15(16(3,4)18(5)6)13-11-9-10-12-14(13)19-8-2/h9-12,15,17H,7-8H2,1-6H3. The number of nitrogens with one attached hydrogen (secondary N) is 1. The van der Waals surface area contributed by atoms with Crippen molar-refractivity contribution < 1.29 is 4.74 Å². The smallest absolute Gasteiger partial charge is 0.124 e. The third-order valence-electron chi connectivity index (χ3n) is 3.80.